The van der Waals surface area contributed by atoms with Gasteiger partial charge in [-0.25, -0.2) is 8.78 Å². The Balaban J connectivity index is 0.00000137. The molecule has 0 amide bonds. The van der Waals surface area contributed by atoms with Crippen LogP contribution in [0.15, 0.2) is 60.5 Å². The van der Waals surface area contributed by atoms with Crippen LogP contribution >= 0.6 is 11.3 Å². The van der Waals surface area contributed by atoms with Crippen molar-refractivity contribution < 1.29 is 23.0 Å². The third kappa shape index (κ3) is 7.97. The number of rotatable bonds is 10. The molecule has 0 saturated carbocycles. The number of nitrogens with zero attached hydrogens (tertiary/aromatic N) is 1. The van der Waals surface area contributed by atoms with E-state index < -0.39 is 11.6 Å². The van der Waals surface area contributed by atoms with Crippen molar-refractivity contribution in [1.82, 2.24) is 4.90 Å². The molecule has 5 nitrogen and oxygen atoms in total. The molecule has 0 spiro atoms. The average molecular weight is 491 g/mol. The maximum atomic E-state index is 13.8. The highest BCUT2D eigenvalue weighted by Crippen LogP contribution is 2.33. The van der Waals surface area contributed by atoms with Gasteiger partial charge in [-0.3, -0.25) is 0 Å². The molecule has 0 fully saturated rings. The number of benzene rings is 2. The van der Waals surface area contributed by atoms with Crippen molar-refractivity contribution in [3.63, 3.8) is 0 Å². The third-order valence-corrected chi connectivity index (χ3v) is 5.50. The highest BCUT2D eigenvalue weighted by Gasteiger charge is 2.15. The first-order valence-electron chi connectivity index (χ1n) is 10.7. The van der Waals surface area contributed by atoms with Crippen LogP contribution < -0.4 is 15.2 Å². The van der Waals surface area contributed by atoms with E-state index in [1.807, 2.05) is 38.1 Å². The van der Waals surface area contributed by atoms with Gasteiger partial charge in [0.25, 0.3) is 0 Å². The van der Waals surface area contributed by atoms with Gasteiger partial charge < -0.3 is 24.9 Å². The van der Waals surface area contributed by atoms with Gasteiger partial charge in [0.1, 0.15) is 25.0 Å². The van der Waals surface area contributed by atoms with E-state index >= 15 is 0 Å². The number of nitrogens with two attached hydrogens (primary N) is 1. The lowest BCUT2D eigenvalue weighted by atomic mass is 10.1. The molecule has 0 saturated heterocycles. The molecule has 1 heterocycles. The van der Waals surface area contributed by atoms with E-state index in [2.05, 4.69) is 17.5 Å². The zero-order chi connectivity index (χ0) is 25.5. The Hall–Kier alpha value is -3.23. The number of halogens is 2. The fourth-order valence-electron chi connectivity index (χ4n) is 3.02. The summed E-state index contributed by atoms with van der Waals surface area (Å²) in [5, 5.41) is 2.03. The minimum atomic E-state index is -0.648. The van der Waals surface area contributed by atoms with Crippen molar-refractivity contribution >= 4 is 23.8 Å². The highest BCUT2D eigenvalue weighted by molar-refractivity contribution is 7.09. The van der Waals surface area contributed by atoms with Crippen LogP contribution in [0, 0.1) is 11.6 Å². The van der Waals surface area contributed by atoms with Gasteiger partial charge in [-0.15, -0.1) is 11.3 Å². The first-order valence-corrected chi connectivity index (χ1v) is 11.6. The van der Waals surface area contributed by atoms with Crippen LogP contribution in [-0.2, 0) is 17.9 Å². The van der Waals surface area contributed by atoms with Crippen LogP contribution in [0.1, 0.15) is 29.9 Å². The Morgan fingerprint density at radius 1 is 1.06 bits per heavy atom. The molecule has 3 aromatic rings. The Morgan fingerprint density at radius 2 is 1.74 bits per heavy atom. The van der Waals surface area contributed by atoms with Crippen LogP contribution in [0.25, 0.3) is 5.70 Å². The van der Waals surface area contributed by atoms with E-state index in [9.17, 15) is 8.78 Å². The van der Waals surface area contributed by atoms with Gasteiger partial charge in [0, 0.05) is 29.2 Å². The summed E-state index contributed by atoms with van der Waals surface area (Å²) in [6.07, 6.45) is 0. The second-order valence-electron chi connectivity index (χ2n) is 6.59. The average Bonchev–Trinajstić information content (AvgIpc) is 3.39. The lowest BCUT2D eigenvalue weighted by molar-refractivity contribution is -0.0980. The minimum Gasteiger partial charge on any atom is -0.493 e. The molecular formula is C26H32F2N2O3S. The lowest BCUT2D eigenvalue weighted by Crippen LogP contribution is -2.27. The summed E-state index contributed by atoms with van der Waals surface area (Å²) in [6, 6.07) is 13.2. The molecule has 184 valence electrons. The summed E-state index contributed by atoms with van der Waals surface area (Å²) in [4.78, 5) is 11.3. The quantitative estimate of drug-likeness (QED) is 0.384. The molecule has 8 heteroatoms. The number of thiophene rings is 1. The maximum Gasteiger partial charge on any atom is 0.161 e. The van der Waals surface area contributed by atoms with Crippen molar-refractivity contribution in [2.75, 3.05) is 20.2 Å². The first kappa shape index (κ1) is 28.8. The van der Waals surface area contributed by atoms with E-state index in [1.165, 1.54) is 30.2 Å². The van der Waals surface area contributed by atoms with E-state index in [0.29, 0.717) is 31.1 Å². The Bertz CT molecular complexity index is 993. The summed E-state index contributed by atoms with van der Waals surface area (Å²) >= 11 is 1.68. The van der Waals surface area contributed by atoms with Crippen molar-refractivity contribution in [1.29, 1.82) is 0 Å². The number of hydrogen-bond donors (Lipinski definition) is 1. The van der Waals surface area contributed by atoms with E-state index in [4.69, 9.17) is 20.0 Å². The summed E-state index contributed by atoms with van der Waals surface area (Å²) in [5.74, 6) is -0.454. The molecule has 0 aliphatic carbocycles. The number of ether oxygens (including phenoxy) is 2. The molecule has 0 aliphatic heterocycles. The van der Waals surface area contributed by atoms with Crippen LogP contribution in [0.5, 0.6) is 11.5 Å². The largest absolute Gasteiger partial charge is 0.493 e. The minimum absolute atomic E-state index is 0.127. The van der Waals surface area contributed by atoms with E-state index in [1.54, 1.807) is 23.5 Å². The Kier molecular flexibility index (Phi) is 13.2. The molecule has 34 heavy (non-hydrogen) atoms. The lowest BCUT2D eigenvalue weighted by Gasteiger charge is -2.26. The first-order chi connectivity index (χ1) is 16.5. The normalized spacial score (nSPS) is 9.71. The van der Waals surface area contributed by atoms with Gasteiger partial charge in [-0.2, -0.15) is 0 Å². The molecule has 0 radical (unpaired) electrons. The van der Waals surface area contributed by atoms with Crippen molar-refractivity contribution in [2.45, 2.75) is 27.0 Å². The maximum absolute atomic E-state index is 13.8. The van der Waals surface area contributed by atoms with Gasteiger partial charge >= 0.3 is 0 Å². The molecular weight excluding hydrogens is 458 g/mol. The highest BCUT2D eigenvalue weighted by atomic mass is 32.1. The monoisotopic (exact) mass is 490 g/mol. The molecule has 1 aromatic heterocycles. The standard InChI is InChI=1S/C23H24F2N2O2S.C2H6.CH2O/c1-16(27(11-10-26)14-18-5-4-12-30-18)17-8-9-22(23(13-17)28-2)29-15-19-20(24)6-3-7-21(19)25;2*1-2/h3-9,12-13H,1,10-11,14-15,26H2,2H3;1-2H3;1H2. The van der Waals surface area contributed by atoms with Crippen LogP contribution in [0.3, 0.4) is 0 Å². The summed E-state index contributed by atoms with van der Waals surface area (Å²) < 4.78 is 38.8. The molecule has 2 aromatic carbocycles. The zero-order valence-corrected chi connectivity index (χ0v) is 20.7. The Labute approximate surface area is 204 Å². The smallest absolute Gasteiger partial charge is 0.161 e. The van der Waals surface area contributed by atoms with Crippen molar-refractivity contribution in [3.8, 4) is 11.5 Å². The van der Waals surface area contributed by atoms with Crippen LogP contribution in [0.2, 0.25) is 0 Å². The second-order valence-corrected chi connectivity index (χ2v) is 7.62. The van der Waals surface area contributed by atoms with Gasteiger partial charge in [0.15, 0.2) is 11.5 Å². The number of hydrogen-bond acceptors (Lipinski definition) is 6. The molecule has 2 N–H and O–H groups in total. The number of carbonyl (C=O) groups excluding carboxylic acids is 1. The van der Waals surface area contributed by atoms with Gasteiger partial charge in [-0.05, 0) is 41.8 Å². The van der Waals surface area contributed by atoms with Gasteiger partial charge in [0.05, 0.1) is 19.2 Å². The SMILES string of the molecule is C=C(c1ccc(OCc2c(F)cccc2F)c(OC)c1)N(CCN)Cc1cccs1.C=O.CC. The van der Waals surface area contributed by atoms with Crippen molar-refractivity contribution in [2.24, 2.45) is 5.73 Å². The number of carbonyl (C=O) groups is 1. The third-order valence-electron chi connectivity index (χ3n) is 4.64. The molecule has 0 atom stereocenters. The van der Waals surface area contributed by atoms with Crippen molar-refractivity contribution in [3.05, 3.63) is 88.1 Å². The second kappa shape index (κ2) is 15.6. The summed E-state index contributed by atoms with van der Waals surface area (Å²) in [5.41, 5.74) is 7.31. The Morgan fingerprint density at radius 3 is 2.29 bits per heavy atom. The zero-order valence-electron chi connectivity index (χ0n) is 19.9. The fourth-order valence-corrected chi connectivity index (χ4v) is 3.74. The molecule has 3 rings (SSSR count). The molecule has 0 unspecified atom stereocenters. The summed E-state index contributed by atoms with van der Waals surface area (Å²) in [6.45, 7) is 11.8. The van der Waals surface area contributed by atoms with Gasteiger partial charge in [0.2, 0.25) is 0 Å². The summed E-state index contributed by atoms with van der Waals surface area (Å²) in [7, 11) is 1.52. The van der Waals surface area contributed by atoms with Crippen LogP contribution in [-0.4, -0.2) is 31.9 Å². The van der Waals surface area contributed by atoms with Crippen LogP contribution in [0.4, 0.5) is 8.78 Å². The predicted molar refractivity (Wildman–Crippen MR) is 135 cm³/mol. The molecule has 0 aliphatic rings. The number of methoxy groups -OCH3 is 1. The van der Waals surface area contributed by atoms with E-state index in [0.717, 1.165) is 11.3 Å². The topological polar surface area (TPSA) is 64.8 Å². The van der Waals surface area contributed by atoms with Gasteiger partial charge in [-0.1, -0.05) is 32.6 Å². The molecule has 0 bridgehead atoms. The predicted octanol–water partition coefficient (Wildman–Crippen LogP) is 5.89. The van der Waals surface area contributed by atoms with E-state index in [-0.39, 0.29) is 12.2 Å². The fraction of sp³-hybridized carbons (Fsp3) is 0.269.